The summed E-state index contributed by atoms with van der Waals surface area (Å²) in [7, 11) is 0. The molecule has 3 rings (SSSR count). The lowest BCUT2D eigenvalue weighted by Gasteiger charge is -2.37. The number of carboxylic acids is 1. The molecule has 0 radical (unpaired) electrons. The molecule has 1 aliphatic heterocycles. The number of hydrogen-bond acceptors (Lipinski definition) is 5. The van der Waals surface area contributed by atoms with E-state index in [1.807, 2.05) is 6.07 Å². The van der Waals surface area contributed by atoms with Gasteiger partial charge in [0.05, 0.1) is 22.6 Å². The maximum absolute atomic E-state index is 11.1. The number of nitrogens with zero attached hydrogens (tertiary/aromatic N) is 2. The average molecular weight is 363 g/mol. The molecule has 0 saturated carbocycles. The van der Waals surface area contributed by atoms with Crippen LogP contribution in [0, 0.1) is 0 Å². The molecule has 7 heteroatoms. The highest BCUT2D eigenvalue weighted by molar-refractivity contribution is 5.94. The van der Waals surface area contributed by atoms with E-state index < -0.39 is 5.97 Å². The summed E-state index contributed by atoms with van der Waals surface area (Å²) in [5.41, 5.74) is 15.1. The first kappa shape index (κ1) is 18.9. The van der Waals surface area contributed by atoms with E-state index in [9.17, 15) is 4.79 Å². The van der Waals surface area contributed by atoms with Gasteiger partial charge in [0, 0.05) is 32.7 Å². The second kappa shape index (κ2) is 8.09. The SMILES string of the molecule is Cl.Nc1cc(C(=O)O)cc(N)c1N1CCN(Cc2ccccc2)CC1. The highest BCUT2D eigenvalue weighted by Gasteiger charge is 2.21. The molecule has 1 fully saturated rings. The monoisotopic (exact) mass is 362 g/mol. The van der Waals surface area contributed by atoms with Crippen LogP contribution in [0.4, 0.5) is 17.1 Å². The predicted molar refractivity (Wildman–Crippen MR) is 103 cm³/mol. The summed E-state index contributed by atoms with van der Waals surface area (Å²) in [6, 6.07) is 13.3. The van der Waals surface area contributed by atoms with Crippen molar-refractivity contribution in [3.05, 3.63) is 53.6 Å². The van der Waals surface area contributed by atoms with Crippen molar-refractivity contribution >= 4 is 35.4 Å². The van der Waals surface area contributed by atoms with Crippen LogP contribution in [0.15, 0.2) is 42.5 Å². The summed E-state index contributed by atoms with van der Waals surface area (Å²) in [5, 5.41) is 9.08. The van der Waals surface area contributed by atoms with Crippen molar-refractivity contribution in [1.29, 1.82) is 0 Å². The highest BCUT2D eigenvalue weighted by Crippen LogP contribution is 2.32. The summed E-state index contributed by atoms with van der Waals surface area (Å²) in [6.07, 6.45) is 0. The van der Waals surface area contributed by atoms with Crippen LogP contribution in [-0.4, -0.2) is 42.2 Å². The van der Waals surface area contributed by atoms with Crippen molar-refractivity contribution in [3.8, 4) is 0 Å². The summed E-state index contributed by atoms with van der Waals surface area (Å²) >= 11 is 0. The van der Waals surface area contributed by atoms with Gasteiger partial charge in [0.2, 0.25) is 0 Å². The van der Waals surface area contributed by atoms with E-state index in [0.29, 0.717) is 11.4 Å². The Kier molecular flexibility index (Phi) is 6.12. The molecule has 0 aromatic heterocycles. The number of benzene rings is 2. The van der Waals surface area contributed by atoms with Crippen LogP contribution in [0.3, 0.4) is 0 Å². The molecule has 0 spiro atoms. The van der Waals surface area contributed by atoms with Gasteiger partial charge in [-0.1, -0.05) is 30.3 Å². The Bertz CT molecular complexity index is 708. The van der Waals surface area contributed by atoms with Gasteiger partial charge in [-0.15, -0.1) is 12.4 Å². The first-order valence-corrected chi connectivity index (χ1v) is 7.98. The third-order valence-corrected chi connectivity index (χ3v) is 4.35. The lowest BCUT2D eigenvalue weighted by atomic mass is 10.1. The van der Waals surface area contributed by atoms with Gasteiger partial charge >= 0.3 is 5.97 Å². The van der Waals surface area contributed by atoms with Crippen molar-refractivity contribution in [1.82, 2.24) is 4.90 Å². The minimum absolute atomic E-state index is 0. The topological polar surface area (TPSA) is 95.8 Å². The van der Waals surface area contributed by atoms with E-state index in [0.717, 1.165) is 38.4 Å². The Balaban J connectivity index is 0.00000225. The number of carbonyl (C=O) groups is 1. The van der Waals surface area contributed by atoms with E-state index in [-0.39, 0.29) is 18.0 Å². The van der Waals surface area contributed by atoms with E-state index in [1.165, 1.54) is 17.7 Å². The molecule has 0 aliphatic carbocycles. The van der Waals surface area contributed by atoms with E-state index in [1.54, 1.807) is 0 Å². The zero-order valence-corrected chi connectivity index (χ0v) is 14.7. The number of piperazine rings is 1. The maximum atomic E-state index is 11.1. The summed E-state index contributed by atoms with van der Waals surface area (Å²) in [5.74, 6) is -1.02. The summed E-state index contributed by atoms with van der Waals surface area (Å²) in [6.45, 7) is 4.38. The lowest BCUT2D eigenvalue weighted by Crippen LogP contribution is -2.46. The Morgan fingerprint density at radius 2 is 1.56 bits per heavy atom. The number of rotatable bonds is 4. The molecule has 1 heterocycles. The van der Waals surface area contributed by atoms with Gasteiger partial charge < -0.3 is 21.5 Å². The van der Waals surface area contributed by atoms with Gasteiger partial charge in [-0.3, -0.25) is 4.90 Å². The second-order valence-electron chi connectivity index (χ2n) is 6.06. The van der Waals surface area contributed by atoms with Crippen molar-refractivity contribution in [2.24, 2.45) is 0 Å². The predicted octanol–water partition coefficient (Wildman–Crippen LogP) is 2.29. The number of hydrogen-bond donors (Lipinski definition) is 3. The largest absolute Gasteiger partial charge is 0.478 e. The molecule has 134 valence electrons. The Hall–Kier alpha value is -2.44. The Morgan fingerprint density at radius 1 is 1.00 bits per heavy atom. The molecule has 6 nitrogen and oxygen atoms in total. The zero-order valence-electron chi connectivity index (χ0n) is 13.9. The van der Waals surface area contributed by atoms with Gasteiger partial charge in [-0.2, -0.15) is 0 Å². The molecule has 2 aromatic rings. The number of nitrogens with two attached hydrogens (primary N) is 2. The van der Waals surface area contributed by atoms with Crippen molar-refractivity contribution < 1.29 is 9.90 Å². The van der Waals surface area contributed by atoms with Crippen molar-refractivity contribution in [3.63, 3.8) is 0 Å². The molecule has 1 saturated heterocycles. The molecule has 0 amide bonds. The highest BCUT2D eigenvalue weighted by atomic mass is 35.5. The fraction of sp³-hybridized carbons (Fsp3) is 0.278. The standard InChI is InChI=1S/C18H22N4O2.ClH/c19-15-10-14(18(23)24)11-16(20)17(15)22-8-6-21(7-9-22)12-13-4-2-1-3-5-13;/h1-5,10-11H,6-9,12,19-20H2,(H,23,24);1H. The fourth-order valence-electron chi connectivity index (χ4n) is 3.14. The van der Waals surface area contributed by atoms with Gasteiger partial charge in [0.1, 0.15) is 0 Å². The van der Waals surface area contributed by atoms with E-state index in [4.69, 9.17) is 16.6 Å². The van der Waals surface area contributed by atoms with E-state index in [2.05, 4.69) is 34.1 Å². The minimum atomic E-state index is -1.02. The smallest absolute Gasteiger partial charge is 0.335 e. The summed E-state index contributed by atoms with van der Waals surface area (Å²) < 4.78 is 0. The number of carboxylic acid groups (broad SMARTS) is 1. The van der Waals surface area contributed by atoms with Gasteiger partial charge in [-0.05, 0) is 17.7 Å². The molecular formula is C18H23ClN4O2. The van der Waals surface area contributed by atoms with E-state index >= 15 is 0 Å². The summed E-state index contributed by atoms with van der Waals surface area (Å²) in [4.78, 5) is 15.6. The van der Waals surface area contributed by atoms with Crippen LogP contribution >= 0.6 is 12.4 Å². The molecule has 0 bridgehead atoms. The molecule has 5 N–H and O–H groups in total. The van der Waals surface area contributed by atoms with Crippen molar-refractivity contribution in [2.75, 3.05) is 42.5 Å². The van der Waals surface area contributed by atoms with Gasteiger partial charge in [-0.25, -0.2) is 4.79 Å². The molecule has 25 heavy (non-hydrogen) atoms. The lowest BCUT2D eigenvalue weighted by molar-refractivity contribution is 0.0697. The van der Waals surface area contributed by atoms with Crippen LogP contribution < -0.4 is 16.4 Å². The van der Waals surface area contributed by atoms with Crippen molar-refractivity contribution in [2.45, 2.75) is 6.54 Å². The van der Waals surface area contributed by atoms with Crippen LogP contribution in [-0.2, 0) is 6.54 Å². The van der Waals surface area contributed by atoms with Crippen LogP contribution in [0.2, 0.25) is 0 Å². The molecular weight excluding hydrogens is 340 g/mol. The quantitative estimate of drug-likeness (QED) is 0.722. The number of halogens is 1. The minimum Gasteiger partial charge on any atom is -0.478 e. The molecule has 1 aliphatic rings. The van der Waals surface area contributed by atoms with Gasteiger partial charge in [0.15, 0.2) is 0 Å². The second-order valence-corrected chi connectivity index (χ2v) is 6.06. The Morgan fingerprint density at radius 3 is 2.08 bits per heavy atom. The van der Waals surface area contributed by atoms with Crippen LogP contribution in [0.25, 0.3) is 0 Å². The molecule has 0 unspecified atom stereocenters. The zero-order chi connectivity index (χ0) is 17.1. The Labute approximate surface area is 153 Å². The van der Waals surface area contributed by atoms with Crippen LogP contribution in [0.5, 0.6) is 0 Å². The maximum Gasteiger partial charge on any atom is 0.335 e. The number of aromatic carboxylic acids is 1. The number of nitrogen functional groups attached to an aromatic ring is 2. The molecule has 0 atom stereocenters. The van der Waals surface area contributed by atoms with Crippen LogP contribution in [0.1, 0.15) is 15.9 Å². The molecule has 2 aromatic carbocycles. The normalized spacial score (nSPS) is 14.8. The first-order chi connectivity index (χ1) is 11.5. The first-order valence-electron chi connectivity index (χ1n) is 7.98. The average Bonchev–Trinajstić information content (AvgIpc) is 2.56. The third-order valence-electron chi connectivity index (χ3n) is 4.35. The third kappa shape index (κ3) is 4.35. The fourth-order valence-corrected chi connectivity index (χ4v) is 3.14. The van der Waals surface area contributed by atoms with Gasteiger partial charge in [0.25, 0.3) is 0 Å². The number of anilines is 3.